The third-order valence-electron chi connectivity index (χ3n) is 3.22. The Morgan fingerprint density at radius 3 is 2.41 bits per heavy atom. The van der Waals surface area contributed by atoms with E-state index in [1.807, 2.05) is 0 Å². The maximum absolute atomic E-state index is 12.0. The van der Waals surface area contributed by atoms with E-state index in [1.165, 1.54) is 18.3 Å². The smallest absolute Gasteiger partial charge is 0.274 e. The zero-order valence-corrected chi connectivity index (χ0v) is 12.5. The molecule has 1 aliphatic carbocycles. The molecule has 2 N–H and O–H groups in total. The van der Waals surface area contributed by atoms with Gasteiger partial charge < -0.3 is 5.32 Å². The standard InChI is InChI=1S/C15H15N3O3S/c19-15(14-3-1-2-10-16-14)17-11-6-8-13(9-7-11)22(20,21)18-12-4-5-12/h1-3,6-10,12,18H,4-5H2,(H,17,19). The second kappa shape index (κ2) is 5.86. The molecule has 0 unspecified atom stereocenters. The van der Waals surface area contributed by atoms with Gasteiger partial charge in [-0.3, -0.25) is 9.78 Å². The molecule has 1 aromatic heterocycles. The number of carbonyl (C=O) groups excluding carboxylic acids is 1. The van der Waals surface area contributed by atoms with Gasteiger partial charge >= 0.3 is 0 Å². The minimum absolute atomic E-state index is 0.0635. The first-order valence-corrected chi connectivity index (χ1v) is 8.38. The molecule has 0 spiro atoms. The fraction of sp³-hybridized carbons (Fsp3) is 0.200. The third-order valence-corrected chi connectivity index (χ3v) is 4.76. The van der Waals surface area contributed by atoms with E-state index in [0.29, 0.717) is 11.4 Å². The lowest BCUT2D eigenvalue weighted by atomic mass is 10.3. The van der Waals surface area contributed by atoms with Crippen molar-refractivity contribution in [3.63, 3.8) is 0 Å². The normalized spacial score (nSPS) is 14.5. The van der Waals surface area contributed by atoms with E-state index >= 15 is 0 Å². The SMILES string of the molecule is O=C(Nc1ccc(S(=O)(=O)NC2CC2)cc1)c1ccccn1. The molecule has 0 aliphatic heterocycles. The van der Waals surface area contributed by atoms with Crippen LogP contribution in [-0.4, -0.2) is 25.4 Å². The van der Waals surface area contributed by atoms with Gasteiger partial charge in [0, 0.05) is 17.9 Å². The van der Waals surface area contributed by atoms with Crippen molar-refractivity contribution in [2.24, 2.45) is 0 Å². The average molecular weight is 317 g/mol. The maximum atomic E-state index is 12.0. The first-order chi connectivity index (χ1) is 10.5. The van der Waals surface area contributed by atoms with Crippen LogP contribution in [-0.2, 0) is 10.0 Å². The molecule has 1 aromatic carbocycles. The van der Waals surface area contributed by atoms with Crippen LogP contribution in [0.25, 0.3) is 0 Å². The third kappa shape index (κ3) is 3.49. The van der Waals surface area contributed by atoms with Crippen molar-refractivity contribution in [3.8, 4) is 0 Å². The van der Waals surface area contributed by atoms with E-state index in [2.05, 4.69) is 15.0 Å². The second-order valence-corrected chi connectivity index (χ2v) is 6.80. The number of rotatable bonds is 5. The average Bonchev–Trinajstić information content (AvgIpc) is 3.32. The predicted molar refractivity (Wildman–Crippen MR) is 82.0 cm³/mol. The Kier molecular flexibility index (Phi) is 3.91. The monoisotopic (exact) mass is 317 g/mol. The van der Waals surface area contributed by atoms with Crippen molar-refractivity contribution in [1.29, 1.82) is 0 Å². The van der Waals surface area contributed by atoms with Crippen LogP contribution in [0.15, 0.2) is 53.6 Å². The highest BCUT2D eigenvalue weighted by molar-refractivity contribution is 7.89. The highest BCUT2D eigenvalue weighted by Gasteiger charge is 2.27. The van der Waals surface area contributed by atoms with Crippen molar-refractivity contribution >= 4 is 21.6 Å². The molecular formula is C15H15N3O3S. The summed E-state index contributed by atoms with van der Waals surface area (Å²) in [6.07, 6.45) is 3.31. The van der Waals surface area contributed by atoms with E-state index < -0.39 is 10.0 Å². The molecule has 3 rings (SSSR count). The van der Waals surface area contributed by atoms with Gasteiger partial charge in [0.15, 0.2) is 0 Å². The quantitative estimate of drug-likeness (QED) is 0.880. The molecule has 1 heterocycles. The summed E-state index contributed by atoms with van der Waals surface area (Å²) in [6, 6.07) is 11.2. The largest absolute Gasteiger partial charge is 0.321 e. The minimum Gasteiger partial charge on any atom is -0.321 e. The second-order valence-electron chi connectivity index (χ2n) is 5.09. The van der Waals surface area contributed by atoms with E-state index in [-0.39, 0.29) is 16.8 Å². The molecule has 114 valence electrons. The highest BCUT2D eigenvalue weighted by Crippen LogP contribution is 2.22. The summed E-state index contributed by atoms with van der Waals surface area (Å²) in [4.78, 5) is 16.1. The van der Waals surface area contributed by atoms with E-state index in [9.17, 15) is 13.2 Å². The summed E-state index contributed by atoms with van der Waals surface area (Å²) in [5, 5.41) is 2.67. The van der Waals surface area contributed by atoms with Gasteiger partial charge in [-0.15, -0.1) is 0 Å². The van der Waals surface area contributed by atoms with E-state index in [4.69, 9.17) is 0 Å². The molecule has 1 amide bonds. The summed E-state index contributed by atoms with van der Waals surface area (Å²) < 4.78 is 26.7. The number of pyridine rings is 1. The van der Waals surface area contributed by atoms with E-state index in [0.717, 1.165) is 12.8 Å². The summed E-state index contributed by atoms with van der Waals surface area (Å²) in [5.41, 5.74) is 0.815. The Balaban J connectivity index is 1.70. The first kappa shape index (κ1) is 14.7. The van der Waals surface area contributed by atoms with Crippen LogP contribution in [0.3, 0.4) is 0 Å². The topological polar surface area (TPSA) is 88.2 Å². The molecule has 7 heteroatoms. The van der Waals surface area contributed by atoms with Gasteiger partial charge in [0.2, 0.25) is 10.0 Å². The van der Waals surface area contributed by atoms with Crippen molar-refractivity contribution in [1.82, 2.24) is 9.71 Å². The number of aromatic nitrogens is 1. The number of sulfonamides is 1. The molecule has 2 aromatic rings. The zero-order valence-electron chi connectivity index (χ0n) is 11.7. The zero-order chi connectivity index (χ0) is 15.6. The number of nitrogens with zero attached hydrogens (tertiary/aromatic N) is 1. The van der Waals surface area contributed by atoms with Crippen LogP contribution in [0.4, 0.5) is 5.69 Å². The lowest BCUT2D eigenvalue weighted by molar-refractivity contribution is 0.102. The Bertz CT molecular complexity index is 769. The van der Waals surface area contributed by atoms with Gasteiger partial charge in [-0.2, -0.15) is 0 Å². The minimum atomic E-state index is -3.47. The maximum Gasteiger partial charge on any atom is 0.274 e. The lowest BCUT2D eigenvalue weighted by Gasteiger charge is -2.07. The van der Waals surface area contributed by atoms with Crippen molar-refractivity contribution in [3.05, 3.63) is 54.4 Å². The molecular weight excluding hydrogens is 302 g/mol. The summed E-state index contributed by atoms with van der Waals surface area (Å²) >= 11 is 0. The number of carbonyl (C=O) groups is 1. The Hall–Kier alpha value is -2.25. The predicted octanol–water partition coefficient (Wildman–Crippen LogP) is 1.77. The van der Waals surface area contributed by atoms with Crippen molar-refractivity contribution < 1.29 is 13.2 Å². The van der Waals surface area contributed by atoms with Crippen molar-refractivity contribution in [2.75, 3.05) is 5.32 Å². The Morgan fingerprint density at radius 2 is 1.82 bits per heavy atom. The first-order valence-electron chi connectivity index (χ1n) is 6.89. The van der Waals surface area contributed by atoms with Gasteiger partial charge in [0.05, 0.1) is 4.90 Å². The molecule has 22 heavy (non-hydrogen) atoms. The van der Waals surface area contributed by atoms with Crippen molar-refractivity contribution in [2.45, 2.75) is 23.8 Å². The van der Waals surface area contributed by atoms with Gasteiger partial charge in [0.1, 0.15) is 5.69 Å². The summed E-state index contributed by atoms with van der Waals surface area (Å²) in [6.45, 7) is 0. The van der Waals surface area contributed by atoms with Gasteiger partial charge in [-0.1, -0.05) is 6.07 Å². The van der Waals surface area contributed by atoms with Crippen LogP contribution in [0.2, 0.25) is 0 Å². The molecule has 0 atom stereocenters. The Morgan fingerprint density at radius 1 is 1.09 bits per heavy atom. The lowest BCUT2D eigenvalue weighted by Crippen LogP contribution is -2.25. The summed E-state index contributed by atoms with van der Waals surface area (Å²) in [7, 11) is -3.47. The number of hydrogen-bond donors (Lipinski definition) is 2. The molecule has 1 fully saturated rings. The number of anilines is 1. The van der Waals surface area contributed by atoms with E-state index in [1.54, 1.807) is 30.3 Å². The van der Waals surface area contributed by atoms with Crippen LogP contribution >= 0.6 is 0 Å². The van der Waals surface area contributed by atoms with Crippen LogP contribution < -0.4 is 10.0 Å². The number of hydrogen-bond acceptors (Lipinski definition) is 4. The van der Waals surface area contributed by atoms with Gasteiger partial charge in [-0.25, -0.2) is 13.1 Å². The molecule has 0 saturated heterocycles. The van der Waals surface area contributed by atoms with Gasteiger partial charge in [-0.05, 0) is 49.2 Å². The molecule has 1 aliphatic rings. The van der Waals surface area contributed by atoms with Crippen LogP contribution in [0, 0.1) is 0 Å². The fourth-order valence-corrected chi connectivity index (χ4v) is 3.20. The van der Waals surface area contributed by atoms with Crippen LogP contribution in [0.1, 0.15) is 23.3 Å². The number of nitrogens with one attached hydrogen (secondary N) is 2. The fourth-order valence-electron chi connectivity index (χ4n) is 1.90. The van der Waals surface area contributed by atoms with Gasteiger partial charge in [0.25, 0.3) is 5.91 Å². The number of benzene rings is 1. The molecule has 6 nitrogen and oxygen atoms in total. The van der Waals surface area contributed by atoms with Crippen LogP contribution in [0.5, 0.6) is 0 Å². The molecule has 0 bridgehead atoms. The Labute approximate surface area is 128 Å². The molecule has 0 radical (unpaired) electrons. The number of amides is 1. The highest BCUT2D eigenvalue weighted by atomic mass is 32.2. The molecule has 1 saturated carbocycles. The summed E-state index contributed by atoms with van der Waals surface area (Å²) in [5.74, 6) is -0.340.